The van der Waals surface area contributed by atoms with Crippen LogP contribution in [0, 0.1) is 23.5 Å². The summed E-state index contributed by atoms with van der Waals surface area (Å²) >= 11 is -0.877. The third kappa shape index (κ3) is 3.38. The van der Waals surface area contributed by atoms with Crippen LogP contribution >= 0.6 is 0 Å². The Balaban J connectivity index is 1.47. The fourth-order valence-corrected chi connectivity index (χ4v) is 5.97. The number of nitrogens with one attached hydrogen (secondary N) is 1. The van der Waals surface area contributed by atoms with Gasteiger partial charge in [-0.25, -0.2) is 13.6 Å². The molecule has 1 saturated carbocycles. The van der Waals surface area contributed by atoms with Gasteiger partial charge in [0.15, 0.2) is 0 Å². The molecule has 1 aromatic carbocycles. The van der Waals surface area contributed by atoms with E-state index in [1.807, 2.05) is 0 Å². The number of hydrogen-bond acceptors (Lipinski definition) is 4. The molecule has 27 heavy (non-hydrogen) atoms. The number of hydrogen-bond donors (Lipinski definition) is 1. The van der Waals surface area contributed by atoms with Crippen LogP contribution in [0.2, 0.25) is 0 Å². The number of nitrogens with zero attached hydrogens (tertiary/aromatic N) is 1. The predicted octanol–water partition coefficient (Wildman–Crippen LogP) is 1.91. The Morgan fingerprint density at radius 2 is 1.96 bits per heavy atom. The standard InChI is InChI=1S/C18H20F2N2O4S/c1-2-15(23)21-5-10-6-22(18(24)26-10)9-3-13(19)17(14(20)4-9)16-11-7-27(25)8-12(11)16/h3-4,10-12,16H,2,5-8H2,1H3,(H,21,23)/t10-,11-,12+,16+,27?/m0/s1. The van der Waals surface area contributed by atoms with Crippen LogP contribution in [0.1, 0.15) is 24.8 Å². The molecular formula is C18H20F2N2O4S. The van der Waals surface area contributed by atoms with Crippen LogP contribution in [0.3, 0.4) is 0 Å². The molecule has 1 aliphatic carbocycles. The van der Waals surface area contributed by atoms with Crippen molar-refractivity contribution in [3.63, 3.8) is 0 Å². The highest BCUT2D eigenvalue weighted by molar-refractivity contribution is 7.91. The summed E-state index contributed by atoms with van der Waals surface area (Å²) in [4.78, 5) is 24.5. The summed E-state index contributed by atoms with van der Waals surface area (Å²) in [6.45, 7) is 1.97. The Morgan fingerprint density at radius 3 is 2.56 bits per heavy atom. The number of rotatable bonds is 5. The summed E-state index contributed by atoms with van der Waals surface area (Å²) in [5, 5.41) is 2.63. The lowest BCUT2D eigenvalue weighted by atomic mass is 10.1. The van der Waals surface area contributed by atoms with E-state index in [2.05, 4.69) is 5.32 Å². The molecule has 2 aliphatic heterocycles. The molecule has 0 aromatic heterocycles. The molecular weight excluding hydrogens is 378 g/mol. The quantitative estimate of drug-likeness (QED) is 0.769. The number of anilines is 1. The lowest BCUT2D eigenvalue weighted by molar-refractivity contribution is -0.121. The summed E-state index contributed by atoms with van der Waals surface area (Å²) in [7, 11) is 0. The van der Waals surface area contributed by atoms with E-state index in [-0.39, 0.29) is 48.0 Å². The van der Waals surface area contributed by atoms with E-state index in [9.17, 15) is 22.9 Å². The van der Waals surface area contributed by atoms with E-state index < -0.39 is 35.0 Å². The maximum atomic E-state index is 14.6. The maximum Gasteiger partial charge on any atom is 0.414 e. The van der Waals surface area contributed by atoms with Gasteiger partial charge < -0.3 is 14.6 Å². The Morgan fingerprint density at radius 1 is 1.33 bits per heavy atom. The van der Waals surface area contributed by atoms with Crippen molar-refractivity contribution in [2.75, 3.05) is 29.5 Å². The van der Waals surface area contributed by atoms with Gasteiger partial charge >= 0.3 is 6.09 Å². The molecule has 5 atom stereocenters. The van der Waals surface area contributed by atoms with Crippen molar-refractivity contribution in [2.24, 2.45) is 11.8 Å². The second-order valence-corrected chi connectivity index (χ2v) is 8.77. The molecule has 1 aromatic rings. The van der Waals surface area contributed by atoms with Gasteiger partial charge in [-0.1, -0.05) is 18.1 Å². The number of halogens is 2. The molecule has 2 heterocycles. The first-order valence-electron chi connectivity index (χ1n) is 8.97. The molecule has 1 unspecified atom stereocenters. The van der Waals surface area contributed by atoms with Crippen molar-refractivity contribution < 1.29 is 27.7 Å². The largest absolute Gasteiger partial charge is 0.616 e. The van der Waals surface area contributed by atoms with Crippen molar-refractivity contribution in [1.29, 1.82) is 0 Å². The van der Waals surface area contributed by atoms with Crippen LogP contribution < -0.4 is 10.2 Å². The molecule has 3 aliphatic rings. The molecule has 9 heteroatoms. The zero-order valence-electron chi connectivity index (χ0n) is 14.7. The first-order chi connectivity index (χ1) is 12.9. The van der Waals surface area contributed by atoms with E-state index in [1.54, 1.807) is 6.92 Å². The SMILES string of the molecule is CCC(=O)NC[C@H]1CN(c2cc(F)c([C@H]3[C@@H]4C[S+]([O-])C[C@@H]43)c(F)c2)C(=O)O1. The Kier molecular flexibility index (Phi) is 4.75. The molecule has 6 nitrogen and oxygen atoms in total. The topological polar surface area (TPSA) is 81.7 Å². The number of cyclic esters (lactones) is 1. The van der Waals surface area contributed by atoms with Gasteiger partial charge in [0.05, 0.1) is 18.8 Å². The van der Waals surface area contributed by atoms with E-state index in [0.717, 1.165) is 12.1 Å². The summed E-state index contributed by atoms with van der Waals surface area (Å²) < 4.78 is 45.9. The van der Waals surface area contributed by atoms with E-state index in [0.29, 0.717) is 17.9 Å². The number of ether oxygens (including phenoxy) is 1. The third-order valence-electron chi connectivity index (χ3n) is 5.52. The summed E-state index contributed by atoms with van der Waals surface area (Å²) in [5.41, 5.74) is 0.127. The summed E-state index contributed by atoms with van der Waals surface area (Å²) in [6.07, 6.45) is -0.952. The maximum absolute atomic E-state index is 14.6. The third-order valence-corrected chi connectivity index (χ3v) is 7.03. The molecule has 146 valence electrons. The molecule has 0 bridgehead atoms. The zero-order valence-corrected chi connectivity index (χ0v) is 15.6. The van der Waals surface area contributed by atoms with Gasteiger partial charge in [0.2, 0.25) is 5.91 Å². The fourth-order valence-electron chi connectivity index (χ4n) is 4.06. The van der Waals surface area contributed by atoms with Crippen LogP contribution in [0.25, 0.3) is 0 Å². The lowest BCUT2D eigenvalue weighted by Gasteiger charge is -2.16. The van der Waals surface area contributed by atoms with Gasteiger partial charge in [0.1, 0.15) is 29.2 Å². The normalized spacial score (nSPS) is 31.6. The molecule has 2 amide bonds. The van der Waals surface area contributed by atoms with E-state index >= 15 is 0 Å². The van der Waals surface area contributed by atoms with Crippen molar-refractivity contribution in [3.8, 4) is 0 Å². The van der Waals surface area contributed by atoms with Gasteiger partial charge in [-0.3, -0.25) is 9.69 Å². The van der Waals surface area contributed by atoms with Gasteiger partial charge in [-0.15, -0.1) is 0 Å². The van der Waals surface area contributed by atoms with Gasteiger partial charge in [-0.05, 0) is 12.1 Å². The van der Waals surface area contributed by atoms with Crippen molar-refractivity contribution in [1.82, 2.24) is 5.32 Å². The van der Waals surface area contributed by atoms with Crippen molar-refractivity contribution in [2.45, 2.75) is 25.4 Å². The Labute approximate surface area is 158 Å². The first kappa shape index (κ1) is 18.5. The fraction of sp³-hybridized carbons (Fsp3) is 0.556. The van der Waals surface area contributed by atoms with E-state index in [4.69, 9.17) is 4.74 Å². The van der Waals surface area contributed by atoms with Crippen molar-refractivity contribution in [3.05, 3.63) is 29.3 Å². The zero-order chi connectivity index (χ0) is 19.3. The smallest absolute Gasteiger partial charge is 0.414 e. The second kappa shape index (κ2) is 6.94. The van der Waals surface area contributed by atoms with Gasteiger partial charge in [-0.2, -0.15) is 0 Å². The Bertz CT molecular complexity index is 758. The molecule has 1 N–H and O–H groups in total. The second-order valence-electron chi connectivity index (χ2n) is 7.22. The number of fused-ring (bicyclic) bond motifs is 1. The highest BCUT2D eigenvalue weighted by Crippen LogP contribution is 2.60. The number of carbonyl (C=O) groups is 2. The Hall–Kier alpha value is -1.87. The highest BCUT2D eigenvalue weighted by Gasteiger charge is 2.61. The monoisotopic (exact) mass is 398 g/mol. The van der Waals surface area contributed by atoms with E-state index in [1.165, 1.54) is 4.90 Å². The predicted molar refractivity (Wildman–Crippen MR) is 94.9 cm³/mol. The van der Waals surface area contributed by atoms with Crippen LogP contribution in [0.15, 0.2) is 12.1 Å². The average molecular weight is 398 g/mol. The highest BCUT2D eigenvalue weighted by atomic mass is 32.2. The number of amides is 2. The molecule has 4 rings (SSSR count). The lowest BCUT2D eigenvalue weighted by Crippen LogP contribution is -2.34. The summed E-state index contributed by atoms with van der Waals surface area (Å²) in [5.74, 6) is -0.593. The van der Waals surface area contributed by atoms with Crippen molar-refractivity contribution >= 4 is 28.9 Å². The number of carbonyl (C=O) groups excluding carboxylic acids is 2. The first-order valence-corrected chi connectivity index (χ1v) is 10.5. The minimum atomic E-state index is -0.877. The van der Waals surface area contributed by atoms with Gasteiger partial charge in [0.25, 0.3) is 0 Å². The molecule has 0 radical (unpaired) electrons. The number of benzene rings is 1. The molecule has 0 spiro atoms. The molecule has 3 fully saturated rings. The van der Waals surface area contributed by atoms with Crippen LogP contribution in [-0.4, -0.2) is 47.3 Å². The van der Waals surface area contributed by atoms with Gasteiger partial charge in [0, 0.05) is 29.7 Å². The summed E-state index contributed by atoms with van der Waals surface area (Å²) in [6, 6.07) is 2.30. The van der Waals surface area contributed by atoms with Crippen LogP contribution in [0.5, 0.6) is 0 Å². The minimum Gasteiger partial charge on any atom is -0.616 e. The van der Waals surface area contributed by atoms with Crippen LogP contribution in [0.4, 0.5) is 19.3 Å². The average Bonchev–Trinajstić information content (AvgIpc) is 2.94. The molecule has 2 saturated heterocycles. The minimum absolute atomic E-state index is 0.0322. The van der Waals surface area contributed by atoms with Crippen LogP contribution in [-0.2, 0) is 20.7 Å².